The summed E-state index contributed by atoms with van der Waals surface area (Å²) in [6, 6.07) is 8.50. The Bertz CT molecular complexity index is 754. The van der Waals surface area contributed by atoms with Gasteiger partial charge in [-0.1, -0.05) is 18.2 Å². The molecule has 0 radical (unpaired) electrons. The van der Waals surface area contributed by atoms with Crippen molar-refractivity contribution in [3.05, 3.63) is 29.0 Å². The summed E-state index contributed by atoms with van der Waals surface area (Å²) in [5.74, 6) is 0. The summed E-state index contributed by atoms with van der Waals surface area (Å²) < 4.78 is 2.59. The molecule has 0 bridgehead atoms. The molecule has 0 aliphatic rings. The maximum atomic E-state index is 5.05. The molecule has 86 valence electrons. The first kappa shape index (κ1) is 10.4. The maximum Gasteiger partial charge on any atom is 0.215 e. The second kappa shape index (κ2) is 3.63. The van der Waals surface area contributed by atoms with Gasteiger partial charge in [-0.2, -0.15) is 10.1 Å². The second-order valence-electron chi connectivity index (χ2n) is 4.29. The van der Waals surface area contributed by atoms with Crippen molar-refractivity contribution >= 4 is 34.3 Å². The van der Waals surface area contributed by atoms with Crippen LogP contribution >= 0.6 is 12.2 Å². The van der Waals surface area contributed by atoms with Gasteiger partial charge >= 0.3 is 0 Å². The van der Waals surface area contributed by atoms with Gasteiger partial charge in [-0.25, -0.2) is 0 Å². The third-order valence-electron chi connectivity index (χ3n) is 2.85. The van der Waals surface area contributed by atoms with E-state index in [1.165, 1.54) is 0 Å². The monoisotopic (exact) mass is 244 g/mol. The molecule has 0 fully saturated rings. The van der Waals surface area contributed by atoms with Gasteiger partial charge < -0.3 is 4.57 Å². The van der Waals surface area contributed by atoms with Crippen LogP contribution in [0, 0.1) is 4.77 Å². The predicted octanol–water partition coefficient (Wildman–Crippen LogP) is 3.22. The van der Waals surface area contributed by atoms with E-state index in [-0.39, 0.29) is 0 Å². The van der Waals surface area contributed by atoms with Gasteiger partial charge in [0.2, 0.25) is 4.77 Å². The van der Waals surface area contributed by atoms with E-state index in [1.54, 1.807) is 0 Å². The van der Waals surface area contributed by atoms with Crippen LogP contribution in [0.25, 0.3) is 22.1 Å². The van der Waals surface area contributed by atoms with Crippen molar-refractivity contribution in [2.45, 2.75) is 19.9 Å². The van der Waals surface area contributed by atoms with Crippen molar-refractivity contribution in [1.82, 2.24) is 19.7 Å². The smallest absolute Gasteiger partial charge is 0.215 e. The Hall–Kier alpha value is -1.75. The quantitative estimate of drug-likeness (QED) is 0.668. The number of hydrogen-bond donors (Lipinski definition) is 1. The van der Waals surface area contributed by atoms with Crippen molar-refractivity contribution in [1.29, 1.82) is 0 Å². The zero-order valence-corrected chi connectivity index (χ0v) is 10.5. The molecule has 2 aromatic heterocycles. The summed E-state index contributed by atoms with van der Waals surface area (Å²) in [5.41, 5.74) is 2.87. The number of nitrogens with zero attached hydrogens (tertiary/aromatic N) is 3. The molecule has 1 N–H and O–H groups in total. The second-order valence-corrected chi connectivity index (χ2v) is 4.68. The highest BCUT2D eigenvalue weighted by Gasteiger charge is 2.14. The summed E-state index contributed by atoms with van der Waals surface area (Å²) in [6.07, 6.45) is 0. The van der Waals surface area contributed by atoms with Crippen LogP contribution in [0.2, 0.25) is 0 Å². The fourth-order valence-electron chi connectivity index (χ4n) is 2.20. The Morgan fingerprint density at radius 2 is 2.06 bits per heavy atom. The lowest BCUT2D eigenvalue weighted by Crippen LogP contribution is -2.02. The molecule has 0 aliphatic heterocycles. The highest BCUT2D eigenvalue weighted by Crippen LogP contribution is 2.28. The molecule has 2 heterocycles. The van der Waals surface area contributed by atoms with Gasteiger partial charge in [-0.3, -0.25) is 5.10 Å². The Morgan fingerprint density at radius 3 is 2.82 bits per heavy atom. The third-order valence-corrected chi connectivity index (χ3v) is 3.03. The molecule has 3 aromatic rings. The van der Waals surface area contributed by atoms with Gasteiger partial charge in [0.15, 0.2) is 5.65 Å². The van der Waals surface area contributed by atoms with Crippen molar-refractivity contribution < 1.29 is 0 Å². The standard InChI is InChI=1S/C12H12N4S/c1-7(2)16-9-6-4-3-5-8(9)10-11(16)13-12(17)15-14-10/h3-7H,1-2H3,(H,13,15,17). The molecular weight excluding hydrogens is 232 g/mol. The van der Waals surface area contributed by atoms with E-state index in [0.29, 0.717) is 10.8 Å². The molecule has 0 aliphatic carbocycles. The third kappa shape index (κ3) is 1.46. The van der Waals surface area contributed by atoms with E-state index in [4.69, 9.17) is 12.2 Å². The van der Waals surface area contributed by atoms with E-state index in [0.717, 1.165) is 22.1 Å². The van der Waals surface area contributed by atoms with E-state index in [1.807, 2.05) is 12.1 Å². The Kier molecular flexibility index (Phi) is 2.22. The van der Waals surface area contributed by atoms with E-state index >= 15 is 0 Å². The van der Waals surface area contributed by atoms with E-state index < -0.39 is 0 Å². The fourth-order valence-corrected chi connectivity index (χ4v) is 2.33. The van der Waals surface area contributed by atoms with Crippen LogP contribution in [0.1, 0.15) is 19.9 Å². The lowest BCUT2D eigenvalue weighted by Gasteiger charge is -2.09. The van der Waals surface area contributed by atoms with Gasteiger partial charge in [0, 0.05) is 11.4 Å². The number of aromatic nitrogens is 4. The van der Waals surface area contributed by atoms with Crippen LogP contribution < -0.4 is 0 Å². The molecule has 0 unspecified atom stereocenters. The number of H-pyrrole nitrogens is 1. The number of rotatable bonds is 1. The number of para-hydroxylation sites is 1. The van der Waals surface area contributed by atoms with Crippen LogP contribution in [0.15, 0.2) is 24.3 Å². The van der Waals surface area contributed by atoms with Crippen LogP contribution in [0.4, 0.5) is 0 Å². The fraction of sp³-hybridized carbons (Fsp3) is 0.250. The first-order valence-electron chi connectivity index (χ1n) is 5.54. The molecule has 0 spiro atoms. The van der Waals surface area contributed by atoms with Gasteiger partial charge in [0.05, 0.1) is 5.52 Å². The highest BCUT2D eigenvalue weighted by atomic mass is 32.1. The number of hydrogen-bond acceptors (Lipinski definition) is 3. The van der Waals surface area contributed by atoms with Gasteiger partial charge in [0.1, 0.15) is 5.52 Å². The molecule has 5 heteroatoms. The van der Waals surface area contributed by atoms with Gasteiger partial charge in [-0.05, 0) is 32.1 Å². The minimum absolute atomic E-state index is 0.323. The van der Waals surface area contributed by atoms with Gasteiger partial charge in [0.25, 0.3) is 0 Å². The molecule has 1 aromatic carbocycles. The Morgan fingerprint density at radius 1 is 1.29 bits per heavy atom. The van der Waals surface area contributed by atoms with Crippen LogP contribution in [-0.2, 0) is 0 Å². The van der Waals surface area contributed by atoms with E-state index in [2.05, 4.69) is 45.7 Å². The number of benzene rings is 1. The normalized spacial score (nSPS) is 11.7. The first-order chi connectivity index (χ1) is 8.18. The molecule has 0 atom stereocenters. The maximum absolute atomic E-state index is 5.05. The molecule has 4 nitrogen and oxygen atoms in total. The minimum Gasteiger partial charge on any atom is -0.321 e. The summed E-state index contributed by atoms with van der Waals surface area (Å²) >= 11 is 5.05. The zero-order valence-electron chi connectivity index (χ0n) is 9.64. The van der Waals surface area contributed by atoms with Crippen LogP contribution in [-0.4, -0.2) is 19.7 Å². The minimum atomic E-state index is 0.323. The Balaban J connectivity index is 2.62. The van der Waals surface area contributed by atoms with Crippen molar-refractivity contribution in [3.8, 4) is 0 Å². The summed E-state index contributed by atoms with van der Waals surface area (Å²) in [6.45, 7) is 4.26. The number of aromatic amines is 1. The van der Waals surface area contributed by atoms with Crippen molar-refractivity contribution in [2.75, 3.05) is 0 Å². The van der Waals surface area contributed by atoms with E-state index in [9.17, 15) is 0 Å². The number of nitrogens with one attached hydrogen (secondary N) is 1. The van der Waals surface area contributed by atoms with Gasteiger partial charge in [-0.15, -0.1) is 0 Å². The molecular formula is C12H12N4S. The predicted molar refractivity (Wildman–Crippen MR) is 70.6 cm³/mol. The SMILES string of the molecule is CC(C)n1c2ccccc2c2n[nH]c(=S)nc21. The average molecular weight is 244 g/mol. The summed E-state index contributed by atoms with van der Waals surface area (Å²) in [7, 11) is 0. The lowest BCUT2D eigenvalue weighted by molar-refractivity contribution is 0.635. The molecule has 0 saturated heterocycles. The Labute approximate surface area is 103 Å². The zero-order chi connectivity index (χ0) is 12.0. The molecule has 17 heavy (non-hydrogen) atoms. The van der Waals surface area contributed by atoms with Crippen molar-refractivity contribution in [3.63, 3.8) is 0 Å². The summed E-state index contributed by atoms with van der Waals surface area (Å²) in [5, 5.41) is 8.16. The molecule has 3 rings (SSSR count). The lowest BCUT2D eigenvalue weighted by atomic mass is 10.2. The average Bonchev–Trinajstić information content (AvgIpc) is 2.62. The molecule has 0 amide bonds. The van der Waals surface area contributed by atoms with Crippen LogP contribution in [0.3, 0.4) is 0 Å². The first-order valence-corrected chi connectivity index (χ1v) is 5.94. The molecule has 0 saturated carbocycles. The topological polar surface area (TPSA) is 46.5 Å². The van der Waals surface area contributed by atoms with Crippen molar-refractivity contribution in [2.24, 2.45) is 0 Å². The number of fused-ring (bicyclic) bond motifs is 3. The largest absolute Gasteiger partial charge is 0.321 e. The van der Waals surface area contributed by atoms with Crippen LogP contribution in [0.5, 0.6) is 0 Å². The summed E-state index contributed by atoms with van der Waals surface area (Å²) in [4.78, 5) is 4.39. The highest BCUT2D eigenvalue weighted by molar-refractivity contribution is 7.71.